The maximum atomic E-state index is 12.4. The molecule has 0 aromatic heterocycles. The van der Waals surface area contributed by atoms with Gasteiger partial charge in [-0.25, -0.2) is 0 Å². The zero-order chi connectivity index (χ0) is 15.9. The van der Waals surface area contributed by atoms with E-state index >= 15 is 0 Å². The Bertz CT molecular complexity index is 480. The monoisotopic (exact) mass is 314 g/mol. The molecular weight excluding hydrogens is 284 g/mol. The Morgan fingerprint density at radius 2 is 1.74 bits per heavy atom. The van der Waals surface area contributed by atoms with Gasteiger partial charge in [-0.05, 0) is 44.2 Å². The molecule has 1 aliphatic heterocycles. The van der Waals surface area contributed by atoms with Crippen molar-refractivity contribution in [1.82, 2.24) is 10.2 Å². The highest BCUT2D eigenvalue weighted by Gasteiger charge is 2.27. The number of amides is 1. The highest BCUT2D eigenvalue weighted by molar-refractivity contribution is 5.78. The van der Waals surface area contributed by atoms with Gasteiger partial charge < -0.3 is 5.32 Å². The van der Waals surface area contributed by atoms with E-state index in [0.717, 1.165) is 13.0 Å². The van der Waals surface area contributed by atoms with Crippen LogP contribution in [0.15, 0.2) is 30.3 Å². The largest absolute Gasteiger partial charge is 0.352 e. The number of nitrogens with zero attached hydrogens (tertiary/aromatic N) is 1. The Balaban J connectivity index is 1.48. The first kappa shape index (κ1) is 16.5. The van der Waals surface area contributed by atoms with Gasteiger partial charge in [0.05, 0.1) is 6.54 Å². The van der Waals surface area contributed by atoms with Gasteiger partial charge in [0.15, 0.2) is 0 Å². The SMILES string of the molecule is O=C(CN1CCC[C@@H]1Cc1ccccc1)NC1CCCCCC1. The molecule has 1 aromatic rings. The van der Waals surface area contributed by atoms with Gasteiger partial charge in [-0.3, -0.25) is 9.69 Å². The summed E-state index contributed by atoms with van der Waals surface area (Å²) < 4.78 is 0. The van der Waals surface area contributed by atoms with Crippen molar-refractivity contribution in [2.75, 3.05) is 13.1 Å². The number of hydrogen-bond donors (Lipinski definition) is 1. The van der Waals surface area contributed by atoms with Crippen LogP contribution in [0, 0.1) is 0 Å². The molecule has 1 saturated carbocycles. The van der Waals surface area contributed by atoms with Gasteiger partial charge in [0.25, 0.3) is 0 Å². The molecule has 3 heteroatoms. The molecule has 0 bridgehead atoms. The Morgan fingerprint density at radius 1 is 1.00 bits per heavy atom. The molecule has 1 N–H and O–H groups in total. The first-order chi connectivity index (χ1) is 11.3. The summed E-state index contributed by atoms with van der Waals surface area (Å²) in [5, 5.41) is 3.29. The van der Waals surface area contributed by atoms with Gasteiger partial charge in [-0.2, -0.15) is 0 Å². The second-order valence-corrected chi connectivity index (χ2v) is 7.21. The average molecular weight is 314 g/mol. The third-order valence-electron chi connectivity index (χ3n) is 5.38. The predicted octanol–water partition coefficient (Wildman–Crippen LogP) is 3.53. The fourth-order valence-electron chi connectivity index (χ4n) is 4.10. The van der Waals surface area contributed by atoms with E-state index in [4.69, 9.17) is 0 Å². The standard InChI is InChI=1S/C20H30N2O/c23-20(21-18-11-6-1-2-7-12-18)16-22-14-8-13-19(22)15-17-9-4-3-5-10-17/h3-5,9-10,18-19H,1-2,6-8,11-16H2,(H,21,23)/t19-/m1/s1. The maximum Gasteiger partial charge on any atom is 0.234 e. The summed E-state index contributed by atoms with van der Waals surface area (Å²) in [6, 6.07) is 11.6. The van der Waals surface area contributed by atoms with Crippen molar-refractivity contribution in [3.63, 3.8) is 0 Å². The zero-order valence-electron chi connectivity index (χ0n) is 14.2. The van der Waals surface area contributed by atoms with Crippen LogP contribution in [0.3, 0.4) is 0 Å². The second-order valence-electron chi connectivity index (χ2n) is 7.21. The van der Waals surface area contributed by atoms with E-state index in [-0.39, 0.29) is 5.91 Å². The summed E-state index contributed by atoms with van der Waals surface area (Å²) in [5.41, 5.74) is 1.38. The number of carbonyl (C=O) groups is 1. The van der Waals surface area contributed by atoms with E-state index < -0.39 is 0 Å². The number of benzene rings is 1. The fraction of sp³-hybridized carbons (Fsp3) is 0.650. The number of rotatable bonds is 5. The van der Waals surface area contributed by atoms with Gasteiger partial charge in [0.2, 0.25) is 5.91 Å². The van der Waals surface area contributed by atoms with Crippen LogP contribution >= 0.6 is 0 Å². The highest BCUT2D eigenvalue weighted by Crippen LogP contribution is 2.21. The Morgan fingerprint density at radius 3 is 2.48 bits per heavy atom. The van der Waals surface area contributed by atoms with E-state index in [9.17, 15) is 4.79 Å². The molecular formula is C20H30N2O. The quantitative estimate of drug-likeness (QED) is 0.843. The third-order valence-corrected chi connectivity index (χ3v) is 5.38. The van der Waals surface area contributed by atoms with Crippen LogP contribution in [0.2, 0.25) is 0 Å². The van der Waals surface area contributed by atoms with Crippen LogP contribution in [0.5, 0.6) is 0 Å². The molecule has 3 rings (SSSR count). The lowest BCUT2D eigenvalue weighted by Crippen LogP contribution is -2.44. The van der Waals surface area contributed by atoms with Crippen molar-refractivity contribution in [2.45, 2.75) is 69.9 Å². The minimum atomic E-state index is 0.233. The van der Waals surface area contributed by atoms with Crippen molar-refractivity contribution in [3.05, 3.63) is 35.9 Å². The van der Waals surface area contributed by atoms with Gasteiger partial charge in [0, 0.05) is 12.1 Å². The summed E-state index contributed by atoms with van der Waals surface area (Å²) in [4.78, 5) is 14.8. The van der Waals surface area contributed by atoms with Crippen LogP contribution in [0.25, 0.3) is 0 Å². The smallest absolute Gasteiger partial charge is 0.234 e. The van der Waals surface area contributed by atoms with Crippen molar-refractivity contribution in [2.24, 2.45) is 0 Å². The Labute approximate surface area is 140 Å². The predicted molar refractivity (Wildman–Crippen MR) is 94.4 cm³/mol. The molecule has 1 amide bonds. The highest BCUT2D eigenvalue weighted by atomic mass is 16.2. The molecule has 0 spiro atoms. The van der Waals surface area contributed by atoms with Crippen molar-refractivity contribution >= 4 is 5.91 Å². The van der Waals surface area contributed by atoms with Crippen LogP contribution in [0.1, 0.15) is 56.9 Å². The normalized spacial score (nSPS) is 23.6. The number of likely N-dealkylation sites (tertiary alicyclic amines) is 1. The number of carbonyl (C=O) groups excluding carboxylic acids is 1. The topological polar surface area (TPSA) is 32.3 Å². The molecule has 1 heterocycles. The van der Waals surface area contributed by atoms with Crippen LogP contribution < -0.4 is 5.32 Å². The molecule has 2 fully saturated rings. The maximum absolute atomic E-state index is 12.4. The van der Waals surface area contributed by atoms with Gasteiger partial charge in [0.1, 0.15) is 0 Å². The molecule has 2 aliphatic rings. The number of hydrogen-bond acceptors (Lipinski definition) is 2. The summed E-state index contributed by atoms with van der Waals surface area (Å²) in [6.45, 7) is 1.64. The molecule has 1 atom stereocenters. The van der Waals surface area contributed by atoms with Gasteiger partial charge in [-0.1, -0.05) is 56.0 Å². The van der Waals surface area contributed by atoms with E-state index in [0.29, 0.717) is 18.6 Å². The molecule has 23 heavy (non-hydrogen) atoms. The van der Waals surface area contributed by atoms with E-state index in [2.05, 4.69) is 40.5 Å². The van der Waals surface area contributed by atoms with Crippen LogP contribution in [-0.4, -0.2) is 36.0 Å². The Kier molecular flexibility index (Phi) is 6.09. The minimum absolute atomic E-state index is 0.233. The molecule has 1 saturated heterocycles. The van der Waals surface area contributed by atoms with Gasteiger partial charge >= 0.3 is 0 Å². The van der Waals surface area contributed by atoms with Gasteiger partial charge in [-0.15, -0.1) is 0 Å². The first-order valence-corrected chi connectivity index (χ1v) is 9.38. The number of nitrogens with one attached hydrogen (secondary N) is 1. The Hall–Kier alpha value is -1.35. The molecule has 3 nitrogen and oxygen atoms in total. The van der Waals surface area contributed by atoms with Crippen molar-refractivity contribution in [3.8, 4) is 0 Å². The van der Waals surface area contributed by atoms with E-state index in [1.165, 1.54) is 56.9 Å². The minimum Gasteiger partial charge on any atom is -0.352 e. The fourth-order valence-corrected chi connectivity index (χ4v) is 4.10. The average Bonchev–Trinajstić information content (AvgIpc) is 2.82. The summed E-state index contributed by atoms with van der Waals surface area (Å²) in [7, 11) is 0. The van der Waals surface area contributed by atoms with E-state index in [1.807, 2.05) is 0 Å². The second kappa shape index (κ2) is 8.49. The molecule has 0 unspecified atom stereocenters. The molecule has 0 radical (unpaired) electrons. The van der Waals surface area contributed by atoms with Crippen molar-refractivity contribution in [1.29, 1.82) is 0 Å². The molecule has 1 aliphatic carbocycles. The summed E-state index contributed by atoms with van der Waals surface area (Å²) in [5.74, 6) is 0.233. The van der Waals surface area contributed by atoms with Crippen LogP contribution in [0.4, 0.5) is 0 Å². The molecule has 1 aromatic carbocycles. The third kappa shape index (κ3) is 5.07. The summed E-state index contributed by atoms with van der Waals surface area (Å²) in [6.07, 6.45) is 11.0. The lowest BCUT2D eigenvalue weighted by Gasteiger charge is -2.25. The zero-order valence-corrected chi connectivity index (χ0v) is 14.2. The van der Waals surface area contributed by atoms with E-state index in [1.54, 1.807) is 0 Å². The summed E-state index contributed by atoms with van der Waals surface area (Å²) >= 11 is 0. The van der Waals surface area contributed by atoms with Crippen LogP contribution in [-0.2, 0) is 11.2 Å². The van der Waals surface area contributed by atoms with Crippen molar-refractivity contribution < 1.29 is 4.79 Å². The lowest BCUT2D eigenvalue weighted by atomic mass is 10.0. The lowest BCUT2D eigenvalue weighted by molar-refractivity contribution is -0.123. The first-order valence-electron chi connectivity index (χ1n) is 9.38. The molecule has 126 valence electrons.